The fourth-order valence-corrected chi connectivity index (χ4v) is 2.61. The second kappa shape index (κ2) is 5.27. The highest BCUT2D eigenvalue weighted by Gasteiger charge is 2.13. The van der Waals surface area contributed by atoms with Gasteiger partial charge in [0.25, 0.3) is 0 Å². The SMILES string of the molecule is O=C(O)COCC(O)c1csc2ccccc12. The van der Waals surface area contributed by atoms with Crippen molar-refractivity contribution in [2.24, 2.45) is 0 Å². The Labute approximate surface area is 102 Å². The first-order chi connectivity index (χ1) is 8.18. The van der Waals surface area contributed by atoms with E-state index in [1.807, 2.05) is 29.6 Å². The van der Waals surface area contributed by atoms with Gasteiger partial charge in [-0.3, -0.25) is 0 Å². The van der Waals surface area contributed by atoms with Crippen molar-refractivity contribution in [3.05, 3.63) is 35.2 Å². The van der Waals surface area contributed by atoms with Crippen LogP contribution in [0.4, 0.5) is 0 Å². The summed E-state index contributed by atoms with van der Waals surface area (Å²) in [5.74, 6) is -1.03. The average molecular weight is 252 g/mol. The molecule has 0 amide bonds. The summed E-state index contributed by atoms with van der Waals surface area (Å²) in [6.07, 6.45) is -0.787. The minimum absolute atomic E-state index is 0.00692. The summed E-state index contributed by atoms with van der Waals surface area (Å²) in [7, 11) is 0. The van der Waals surface area contributed by atoms with Gasteiger partial charge in [0.1, 0.15) is 12.7 Å². The fourth-order valence-electron chi connectivity index (χ4n) is 1.60. The van der Waals surface area contributed by atoms with Crippen molar-refractivity contribution in [3.8, 4) is 0 Å². The van der Waals surface area contributed by atoms with Gasteiger partial charge in [0.05, 0.1) is 6.61 Å². The number of rotatable bonds is 5. The number of carbonyl (C=O) groups is 1. The molecule has 1 heterocycles. The lowest BCUT2D eigenvalue weighted by Gasteiger charge is -2.09. The highest BCUT2D eigenvalue weighted by molar-refractivity contribution is 7.17. The first-order valence-corrected chi connectivity index (χ1v) is 6.00. The standard InChI is InChI=1S/C12H12O4S/c13-10(5-16-6-12(14)15)9-7-17-11-4-2-1-3-8(9)11/h1-4,7,10,13H,5-6H2,(H,14,15). The molecule has 0 fully saturated rings. The Morgan fingerprint density at radius 1 is 1.41 bits per heavy atom. The summed E-state index contributed by atoms with van der Waals surface area (Å²) < 4.78 is 5.98. The van der Waals surface area contributed by atoms with Crippen LogP contribution in [0.3, 0.4) is 0 Å². The molecule has 4 nitrogen and oxygen atoms in total. The topological polar surface area (TPSA) is 66.8 Å². The van der Waals surface area contributed by atoms with Crippen LogP contribution in [0.2, 0.25) is 0 Å². The van der Waals surface area contributed by atoms with Crippen LogP contribution < -0.4 is 0 Å². The molecular weight excluding hydrogens is 240 g/mol. The van der Waals surface area contributed by atoms with Crippen molar-refractivity contribution in [2.45, 2.75) is 6.10 Å². The number of ether oxygens (including phenoxy) is 1. The zero-order chi connectivity index (χ0) is 12.3. The van der Waals surface area contributed by atoms with Gasteiger partial charge < -0.3 is 14.9 Å². The Morgan fingerprint density at radius 2 is 2.18 bits per heavy atom. The molecule has 0 aliphatic heterocycles. The number of aliphatic hydroxyl groups excluding tert-OH is 1. The predicted octanol–water partition coefficient (Wildman–Crippen LogP) is 2.04. The van der Waals surface area contributed by atoms with E-state index in [1.165, 1.54) is 0 Å². The van der Waals surface area contributed by atoms with Crippen molar-refractivity contribution in [1.29, 1.82) is 0 Å². The van der Waals surface area contributed by atoms with E-state index in [9.17, 15) is 9.90 Å². The number of aliphatic carboxylic acids is 1. The molecule has 17 heavy (non-hydrogen) atoms. The lowest BCUT2D eigenvalue weighted by Crippen LogP contribution is -2.12. The molecule has 2 N–H and O–H groups in total. The van der Waals surface area contributed by atoms with Gasteiger partial charge in [-0.1, -0.05) is 18.2 Å². The van der Waals surface area contributed by atoms with Crippen molar-refractivity contribution < 1.29 is 19.7 Å². The van der Waals surface area contributed by atoms with E-state index in [-0.39, 0.29) is 13.2 Å². The molecule has 90 valence electrons. The van der Waals surface area contributed by atoms with Gasteiger partial charge >= 0.3 is 5.97 Å². The maximum Gasteiger partial charge on any atom is 0.329 e. The first-order valence-electron chi connectivity index (χ1n) is 5.12. The number of carboxylic acids is 1. The number of thiophene rings is 1. The Balaban J connectivity index is 2.08. The molecule has 0 saturated carbocycles. The van der Waals surface area contributed by atoms with Crippen LogP contribution in [0.5, 0.6) is 0 Å². The van der Waals surface area contributed by atoms with Gasteiger partial charge in [0.2, 0.25) is 0 Å². The molecule has 1 aromatic heterocycles. The number of aliphatic hydroxyl groups is 1. The molecule has 0 saturated heterocycles. The smallest absolute Gasteiger partial charge is 0.329 e. The van der Waals surface area contributed by atoms with Gasteiger partial charge in [-0.15, -0.1) is 11.3 Å². The van der Waals surface area contributed by atoms with Gasteiger partial charge in [-0.2, -0.15) is 0 Å². The lowest BCUT2D eigenvalue weighted by atomic mass is 10.1. The van der Waals surface area contributed by atoms with E-state index in [2.05, 4.69) is 0 Å². The zero-order valence-corrected chi connectivity index (χ0v) is 9.81. The molecule has 0 bridgehead atoms. The van der Waals surface area contributed by atoms with Gasteiger partial charge in [0.15, 0.2) is 0 Å². The number of hydrogen-bond acceptors (Lipinski definition) is 4. The minimum atomic E-state index is -1.03. The average Bonchev–Trinajstić information content (AvgIpc) is 2.72. The molecule has 1 atom stereocenters. The maximum absolute atomic E-state index is 10.3. The maximum atomic E-state index is 10.3. The summed E-state index contributed by atoms with van der Waals surface area (Å²) in [5.41, 5.74) is 0.788. The third kappa shape index (κ3) is 2.82. The number of hydrogen-bond donors (Lipinski definition) is 2. The lowest BCUT2D eigenvalue weighted by molar-refractivity contribution is -0.143. The highest BCUT2D eigenvalue weighted by atomic mass is 32.1. The normalized spacial score (nSPS) is 12.8. The van der Waals surface area contributed by atoms with Crippen LogP contribution in [0, 0.1) is 0 Å². The van der Waals surface area contributed by atoms with Crippen molar-refractivity contribution in [3.63, 3.8) is 0 Å². The van der Waals surface area contributed by atoms with E-state index in [1.54, 1.807) is 11.3 Å². The number of benzene rings is 1. The molecule has 2 rings (SSSR count). The third-order valence-electron chi connectivity index (χ3n) is 2.37. The molecular formula is C12H12O4S. The molecule has 1 aromatic carbocycles. The fraction of sp³-hybridized carbons (Fsp3) is 0.250. The Bertz CT molecular complexity index is 520. The van der Waals surface area contributed by atoms with Crippen LogP contribution in [0.15, 0.2) is 29.6 Å². The van der Waals surface area contributed by atoms with Crippen molar-refractivity contribution in [1.82, 2.24) is 0 Å². The Morgan fingerprint density at radius 3 is 2.94 bits per heavy atom. The van der Waals surface area contributed by atoms with Crippen LogP contribution in [-0.2, 0) is 9.53 Å². The summed E-state index contributed by atoms with van der Waals surface area (Å²) >= 11 is 1.55. The Hall–Kier alpha value is -1.43. The molecule has 0 aliphatic carbocycles. The van der Waals surface area contributed by atoms with Gasteiger partial charge in [-0.05, 0) is 16.8 Å². The molecule has 1 unspecified atom stereocenters. The van der Waals surface area contributed by atoms with Crippen LogP contribution in [0.1, 0.15) is 11.7 Å². The zero-order valence-electron chi connectivity index (χ0n) is 9.00. The Kier molecular flexibility index (Phi) is 3.73. The van der Waals surface area contributed by atoms with Crippen molar-refractivity contribution >= 4 is 27.4 Å². The van der Waals surface area contributed by atoms with E-state index >= 15 is 0 Å². The molecule has 0 radical (unpaired) electrons. The van der Waals surface area contributed by atoms with Crippen LogP contribution >= 0.6 is 11.3 Å². The molecule has 0 aliphatic rings. The summed E-state index contributed by atoms with van der Waals surface area (Å²) in [4.78, 5) is 10.3. The van der Waals surface area contributed by atoms with Gasteiger partial charge in [0, 0.05) is 10.3 Å². The van der Waals surface area contributed by atoms with E-state index in [4.69, 9.17) is 9.84 Å². The predicted molar refractivity (Wildman–Crippen MR) is 65.2 cm³/mol. The van der Waals surface area contributed by atoms with Crippen LogP contribution in [-0.4, -0.2) is 29.4 Å². The molecule has 5 heteroatoms. The summed E-state index contributed by atoms with van der Waals surface area (Å²) in [5, 5.41) is 21.2. The number of fused-ring (bicyclic) bond motifs is 1. The quantitative estimate of drug-likeness (QED) is 0.854. The largest absolute Gasteiger partial charge is 0.480 e. The minimum Gasteiger partial charge on any atom is -0.480 e. The monoisotopic (exact) mass is 252 g/mol. The second-order valence-corrected chi connectivity index (χ2v) is 4.52. The van der Waals surface area contributed by atoms with Crippen LogP contribution in [0.25, 0.3) is 10.1 Å². The highest BCUT2D eigenvalue weighted by Crippen LogP contribution is 2.30. The summed E-state index contributed by atoms with van der Waals surface area (Å²) in [6.45, 7) is -0.397. The number of carboxylic acid groups (broad SMARTS) is 1. The van der Waals surface area contributed by atoms with Crippen molar-refractivity contribution in [2.75, 3.05) is 13.2 Å². The van der Waals surface area contributed by atoms with Gasteiger partial charge in [-0.25, -0.2) is 4.79 Å². The first kappa shape index (κ1) is 12.0. The van der Waals surface area contributed by atoms with E-state index < -0.39 is 12.1 Å². The molecule has 2 aromatic rings. The third-order valence-corrected chi connectivity index (χ3v) is 3.35. The molecule has 0 spiro atoms. The second-order valence-electron chi connectivity index (χ2n) is 3.61. The van der Waals surface area contributed by atoms with E-state index in [0.29, 0.717) is 0 Å². The van der Waals surface area contributed by atoms with E-state index in [0.717, 1.165) is 15.6 Å². The summed E-state index contributed by atoms with van der Waals surface area (Å²) in [6, 6.07) is 7.76.